The molecule has 1 aromatic carbocycles. The van der Waals surface area contributed by atoms with Crippen molar-refractivity contribution in [2.24, 2.45) is 0 Å². The second-order valence-corrected chi connectivity index (χ2v) is 4.71. The number of ether oxygens (including phenoxy) is 2. The van der Waals surface area contributed by atoms with Crippen LogP contribution in [0.15, 0.2) is 18.2 Å². The summed E-state index contributed by atoms with van der Waals surface area (Å²) in [5.41, 5.74) is 1.61. The Balaban J connectivity index is 2.00. The molecule has 0 aliphatic heterocycles. The first-order valence-electron chi connectivity index (χ1n) is 6.52. The summed E-state index contributed by atoms with van der Waals surface area (Å²) in [6.45, 7) is 0.531. The van der Waals surface area contributed by atoms with Gasteiger partial charge in [0.25, 0.3) is 0 Å². The zero-order valence-corrected chi connectivity index (χ0v) is 10.8. The van der Waals surface area contributed by atoms with Crippen LogP contribution in [0.2, 0.25) is 0 Å². The number of nitrogens with zero attached hydrogens (tertiary/aromatic N) is 1. The van der Waals surface area contributed by atoms with Crippen molar-refractivity contribution in [2.75, 3.05) is 7.11 Å². The van der Waals surface area contributed by atoms with E-state index in [2.05, 4.69) is 6.07 Å². The lowest BCUT2D eigenvalue weighted by Gasteiger charge is -2.22. The van der Waals surface area contributed by atoms with Crippen LogP contribution in [-0.2, 0) is 11.3 Å². The van der Waals surface area contributed by atoms with Gasteiger partial charge in [0.15, 0.2) is 0 Å². The summed E-state index contributed by atoms with van der Waals surface area (Å²) in [5.74, 6) is 0.796. The summed E-state index contributed by atoms with van der Waals surface area (Å²) in [6, 6.07) is 7.59. The van der Waals surface area contributed by atoms with Gasteiger partial charge < -0.3 is 9.47 Å². The molecule has 0 N–H and O–H groups in total. The molecule has 1 aromatic rings. The van der Waals surface area contributed by atoms with Gasteiger partial charge in [0.2, 0.25) is 0 Å². The number of methoxy groups -OCH3 is 1. The first kappa shape index (κ1) is 12.9. The van der Waals surface area contributed by atoms with E-state index in [1.54, 1.807) is 13.2 Å². The minimum atomic E-state index is 0.370. The Morgan fingerprint density at radius 1 is 1.28 bits per heavy atom. The summed E-state index contributed by atoms with van der Waals surface area (Å²) < 4.78 is 11.2. The maximum absolute atomic E-state index is 8.91. The lowest BCUT2D eigenvalue weighted by Crippen LogP contribution is -2.16. The first-order valence-corrected chi connectivity index (χ1v) is 6.52. The highest BCUT2D eigenvalue weighted by Gasteiger charge is 2.14. The SMILES string of the molecule is COc1ccc(C#N)cc1COC1CCCCC1. The van der Waals surface area contributed by atoms with Gasteiger partial charge >= 0.3 is 0 Å². The van der Waals surface area contributed by atoms with Crippen molar-refractivity contribution >= 4 is 0 Å². The van der Waals surface area contributed by atoms with E-state index >= 15 is 0 Å². The van der Waals surface area contributed by atoms with Crippen molar-refractivity contribution in [3.63, 3.8) is 0 Å². The molecule has 0 bridgehead atoms. The van der Waals surface area contributed by atoms with Gasteiger partial charge in [-0.15, -0.1) is 0 Å². The molecule has 2 rings (SSSR count). The fourth-order valence-electron chi connectivity index (χ4n) is 2.40. The number of hydrogen-bond acceptors (Lipinski definition) is 3. The van der Waals surface area contributed by atoms with E-state index < -0.39 is 0 Å². The Labute approximate surface area is 108 Å². The van der Waals surface area contributed by atoms with Gasteiger partial charge in [-0.25, -0.2) is 0 Å². The average molecular weight is 245 g/mol. The lowest BCUT2D eigenvalue weighted by atomic mass is 9.98. The Kier molecular flexibility index (Phi) is 4.60. The summed E-state index contributed by atoms with van der Waals surface area (Å²) in [5, 5.41) is 8.91. The van der Waals surface area contributed by atoms with E-state index in [9.17, 15) is 0 Å². The molecule has 3 nitrogen and oxygen atoms in total. The zero-order valence-electron chi connectivity index (χ0n) is 10.8. The van der Waals surface area contributed by atoms with Crippen LogP contribution in [0.5, 0.6) is 5.75 Å². The fraction of sp³-hybridized carbons (Fsp3) is 0.533. The van der Waals surface area contributed by atoms with Gasteiger partial charge in [-0.2, -0.15) is 5.26 Å². The van der Waals surface area contributed by atoms with Gasteiger partial charge in [0, 0.05) is 5.56 Å². The van der Waals surface area contributed by atoms with Gasteiger partial charge in [0.1, 0.15) is 5.75 Å². The Hall–Kier alpha value is -1.53. The molecule has 18 heavy (non-hydrogen) atoms. The third-order valence-electron chi connectivity index (χ3n) is 3.44. The van der Waals surface area contributed by atoms with Crippen LogP contribution >= 0.6 is 0 Å². The summed E-state index contributed by atoms with van der Waals surface area (Å²) in [6.07, 6.45) is 6.53. The highest BCUT2D eigenvalue weighted by molar-refractivity contribution is 5.41. The zero-order chi connectivity index (χ0) is 12.8. The average Bonchev–Trinajstić information content (AvgIpc) is 2.45. The Morgan fingerprint density at radius 3 is 2.72 bits per heavy atom. The molecule has 0 heterocycles. The van der Waals surface area contributed by atoms with E-state index in [0.717, 1.165) is 24.2 Å². The fourth-order valence-corrected chi connectivity index (χ4v) is 2.40. The smallest absolute Gasteiger partial charge is 0.124 e. The normalized spacial score (nSPS) is 16.2. The lowest BCUT2D eigenvalue weighted by molar-refractivity contribution is 0.0160. The van der Waals surface area contributed by atoms with Crippen molar-refractivity contribution in [3.8, 4) is 11.8 Å². The van der Waals surface area contributed by atoms with Crippen LogP contribution in [0.25, 0.3) is 0 Å². The van der Waals surface area contributed by atoms with Crippen molar-refractivity contribution in [3.05, 3.63) is 29.3 Å². The third kappa shape index (κ3) is 3.24. The molecule has 0 saturated heterocycles. The van der Waals surface area contributed by atoms with Crippen LogP contribution in [0.1, 0.15) is 43.2 Å². The summed E-state index contributed by atoms with van der Waals surface area (Å²) in [7, 11) is 1.64. The largest absolute Gasteiger partial charge is 0.496 e. The van der Waals surface area contributed by atoms with Crippen molar-refractivity contribution in [2.45, 2.75) is 44.8 Å². The molecule has 3 heteroatoms. The van der Waals surface area contributed by atoms with Crippen LogP contribution < -0.4 is 4.74 Å². The number of benzene rings is 1. The predicted octanol–water partition coefficient (Wildman–Crippen LogP) is 3.42. The molecule has 1 saturated carbocycles. The topological polar surface area (TPSA) is 42.2 Å². The molecule has 96 valence electrons. The minimum absolute atomic E-state index is 0.370. The van der Waals surface area contributed by atoms with Gasteiger partial charge in [-0.05, 0) is 31.0 Å². The molecular weight excluding hydrogens is 226 g/mol. The molecule has 0 aromatic heterocycles. The summed E-state index contributed by atoms with van der Waals surface area (Å²) in [4.78, 5) is 0. The van der Waals surface area contributed by atoms with E-state index in [-0.39, 0.29) is 0 Å². The molecule has 0 spiro atoms. The van der Waals surface area contributed by atoms with E-state index in [0.29, 0.717) is 18.3 Å². The maximum atomic E-state index is 8.91. The van der Waals surface area contributed by atoms with Crippen molar-refractivity contribution in [1.82, 2.24) is 0 Å². The van der Waals surface area contributed by atoms with Crippen LogP contribution in [0.4, 0.5) is 0 Å². The molecule has 1 aliphatic carbocycles. The quantitative estimate of drug-likeness (QED) is 0.816. The standard InChI is InChI=1S/C15H19NO2/c1-17-15-8-7-12(10-16)9-13(15)11-18-14-5-3-2-4-6-14/h7-9,14H,2-6,11H2,1H3. The molecule has 0 atom stereocenters. The van der Waals surface area contributed by atoms with Gasteiger partial charge in [0.05, 0.1) is 31.5 Å². The number of nitriles is 1. The maximum Gasteiger partial charge on any atom is 0.124 e. The minimum Gasteiger partial charge on any atom is -0.496 e. The van der Waals surface area contributed by atoms with Crippen LogP contribution in [0, 0.1) is 11.3 Å². The molecule has 1 fully saturated rings. The van der Waals surface area contributed by atoms with Crippen molar-refractivity contribution < 1.29 is 9.47 Å². The number of hydrogen-bond donors (Lipinski definition) is 0. The number of rotatable bonds is 4. The molecule has 0 amide bonds. The van der Waals surface area contributed by atoms with Crippen molar-refractivity contribution in [1.29, 1.82) is 5.26 Å². The molecule has 1 aliphatic rings. The van der Waals surface area contributed by atoms with Crippen LogP contribution in [-0.4, -0.2) is 13.2 Å². The molecule has 0 radical (unpaired) electrons. The molecular formula is C15H19NO2. The van der Waals surface area contributed by atoms with E-state index in [4.69, 9.17) is 14.7 Å². The summed E-state index contributed by atoms with van der Waals surface area (Å²) >= 11 is 0. The second kappa shape index (κ2) is 6.42. The monoisotopic (exact) mass is 245 g/mol. The highest BCUT2D eigenvalue weighted by Crippen LogP contribution is 2.25. The predicted molar refractivity (Wildman–Crippen MR) is 69.4 cm³/mol. The Morgan fingerprint density at radius 2 is 2.06 bits per heavy atom. The van der Waals surface area contributed by atoms with Gasteiger partial charge in [-0.1, -0.05) is 19.3 Å². The third-order valence-corrected chi connectivity index (χ3v) is 3.44. The molecule has 0 unspecified atom stereocenters. The highest BCUT2D eigenvalue weighted by atomic mass is 16.5. The Bertz CT molecular complexity index is 431. The van der Waals surface area contributed by atoms with E-state index in [1.165, 1.54) is 19.3 Å². The van der Waals surface area contributed by atoms with Crippen LogP contribution in [0.3, 0.4) is 0 Å². The van der Waals surface area contributed by atoms with E-state index in [1.807, 2.05) is 12.1 Å². The second-order valence-electron chi connectivity index (χ2n) is 4.71. The van der Waals surface area contributed by atoms with Gasteiger partial charge in [-0.3, -0.25) is 0 Å². The first-order chi connectivity index (χ1) is 8.83.